The van der Waals surface area contributed by atoms with Crippen molar-refractivity contribution in [2.75, 3.05) is 0 Å². The van der Waals surface area contributed by atoms with Gasteiger partial charge >= 0.3 is 0 Å². The van der Waals surface area contributed by atoms with Crippen LogP contribution in [-0.2, 0) is 0 Å². The highest BCUT2D eigenvalue weighted by Gasteiger charge is 2.17. The van der Waals surface area contributed by atoms with Gasteiger partial charge in [-0.3, -0.25) is 9.36 Å². The summed E-state index contributed by atoms with van der Waals surface area (Å²) in [5.41, 5.74) is 0.965. The van der Waals surface area contributed by atoms with Gasteiger partial charge in [0.1, 0.15) is 4.47 Å². The van der Waals surface area contributed by atoms with E-state index in [1.165, 1.54) is 10.8 Å². The molecule has 6 heteroatoms. The molecule has 0 amide bonds. The number of nitriles is 1. The van der Waals surface area contributed by atoms with Crippen molar-refractivity contribution in [2.45, 2.75) is 13.0 Å². The number of hydrogen-bond donors (Lipinski definition) is 0. The highest BCUT2D eigenvalue weighted by molar-refractivity contribution is 9.10. The molecule has 1 aromatic carbocycles. The third kappa shape index (κ3) is 2.55. The van der Waals surface area contributed by atoms with Crippen molar-refractivity contribution in [3.8, 4) is 6.07 Å². The number of nitrogens with zero attached hydrogens (tertiary/aromatic N) is 3. The van der Waals surface area contributed by atoms with Crippen molar-refractivity contribution in [2.24, 2.45) is 0 Å². The fourth-order valence-corrected chi connectivity index (χ4v) is 2.43. The molecule has 0 aliphatic heterocycles. The smallest absolute Gasteiger partial charge is 0.269 e. The van der Waals surface area contributed by atoms with Crippen LogP contribution in [0.5, 0.6) is 0 Å². The van der Waals surface area contributed by atoms with Crippen LogP contribution in [0.2, 0.25) is 5.28 Å². The van der Waals surface area contributed by atoms with Gasteiger partial charge in [0.2, 0.25) is 5.28 Å². The van der Waals surface area contributed by atoms with Crippen molar-refractivity contribution < 1.29 is 0 Å². The van der Waals surface area contributed by atoms with Crippen LogP contribution in [0.25, 0.3) is 0 Å². The van der Waals surface area contributed by atoms with Gasteiger partial charge in [-0.15, -0.1) is 0 Å². The van der Waals surface area contributed by atoms with Crippen molar-refractivity contribution in [1.29, 1.82) is 5.26 Å². The first-order chi connectivity index (χ1) is 9.06. The van der Waals surface area contributed by atoms with E-state index in [1.807, 2.05) is 6.07 Å². The lowest BCUT2D eigenvalue weighted by molar-refractivity contribution is 0.599. The van der Waals surface area contributed by atoms with Crippen LogP contribution in [-0.4, -0.2) is 9.55 Å². The monoisotopic (exact) mass is 337 g/mol. The fourth-order valence-electron chi connectivity index (χ4n) is 1.86. The summed E-state index contributed by atoms with van der Waals surface area (Å²) in [6, 6.07) is 8.83. The Hall–Kier alpha value is -1.64. The van der Waals surface area contributed by atoms with E-state index in [1.54, 1.807) is 25.1 Å². The summed E-state index contributed by atoms with van der Waals surface area (Å²) in [6.45, 7) is 1.80. The molecule has 2 aromatic rings. The minimum absolute atomic E-state index is 0.0912. The normalized spacial score (nSPS) is 11.9. The zero-order chi connectivity index (χ0) is 14.0. The van der Waals surface area contributed by atoms with Crippen LogP contribution >= 0.6 is 27.5 Å². The minimum atomic E-state index is -0.374. The van der Waals surface area contributed by atoms with E-state index in [0.717, 1.165) is 5.56 Å². The molecule has 1 aromatic heterocycles. The van der Waals surface area contributed by atoms with Crippen molar-refractivity contribution in [3.63, 3.8) is 0 Å². The van der Waals surface area contributed by atoms with Gasteiger partial charge in [0.15, 0.2) is 0 Å². The molecule has 0 radical (unpaired) electrons. The lowest BCUT2D eigenvalue weighted by Gasteiger charge is -2.17. The molecule has 0 N–H and O–H groups in total. The van der Waals surface area contributed by atoms with Gasteiger partial charge in [-0.1, -0.05) is 18.2 Å². The third-order valence-corrected chi connectivity index (χ3v) is 3.65. The first kappa shape index (κ1) is 13.8. The number of rotatable bonds is 2. The van der Waals surface area contributed by atoms with Gasteiger partial charge in [0.05, 0.1) is 23.9 Å². The Morgan fingerprint density at radius 3 is 2.84 bits per heavy atom. The van der Waals surface area contributed by atoms with Crippen LogP contribution in [0.15, 0.2) is 39.7 Å². The van der Waals surface area contributed by atoms with Crippen LogP contribution in [0, 0.1) is 11.3 Å². The Kier molecular flexibility index (Phi) is 4.03. The summed E-state index contributed by atoms with van der Waals surface area (Å²) in [5.74, 6) is 0. The maximum Gasteiger partial charge on any atom is 0.269 e. The van der Waals surface area contributed by atoms with E-state index >= 15 is 0 Å². The SMILES string of the molecule is CC(c1ccccc1C#N)n1c(Cl)ncc(Br)c1=O. The average Bonchev–Trinajstić information content (AvgIpc) is 2.43. The molecule has 19 heavy (non-hydrogen) atoms. The van der Waals surface area contributed by atoms with E-state index in [0.29, 0.717) is 10.0 Å². The number of aromatic nitrogens is 2. The summed E-state index contributed by atoms with van der Waals surface area (Å²) in [5, 5.41) is 9.20. The topological polar surface area (TPSA) is 58.7 Å². The molecule has 2 rings (SSSR count). The molecule has 0 spiro atoms. The van der Waals surface area contributed by atoms with Gasteiger partial charge in [0, 0.05) is 0 Å². The zero-order valence-electron chi connectivity index (χ0n) is 9.97. The molecule has 0 saturated heterocycles. The van der Waals surface area contributed by atoms with Crippen LogP contribution in [0.4, 0.5) is 0 Å². The first-order valence-electron chi connectivity index (χ1n) is 5.47. The van der Waals surface area contributed by atoms with E-state index in [-0.39, 0.29) is 16.9 Å². The lowest BCUT2D eigenvalue weighted by Crippen LogP contribution is -2.26. The average molecular weight is 339 g/mol. The van der Waals surface area contributed by atoms with Crippen LogP contribution < -0.4 is 5.56 Å². The molecular formula is C13H9BrClN3O. The minimum Gasteiger partial charge on any atom is -0.275 e. The Morgan fingerprint density at radius 1 is 1.47 bits per heavy atom. The van der Waals surface area contributed by atoms with E-state index in [9.17, 15) is 4.79 Å². The van der Waals surface area contributed by atoms with Crippen LogP contribution in [0.1, 0.15) is 24.1 Å². The maximum atomic E-state index is 12.1. The molecule has 1 unspecified atom stereocenters. The molecular weight excluding hydrogens is 330 g/mol. The van der Waals surface area contributed by atoms with Gasteiger partial charge in [0.25, 0.3) is 5.56 Å². The second-order valence-corrected chi connectivity index (χ2v) is 5.12. The lowest BCUT2D eigenvalue weighted by atomic mass is 10.0. The van der Waals surface area contributed by atoms with E-state index < -0.39 is 0 Å². The molecule has 96 valence electrons. The van der Waals surface area contributed by atoms with Gasteiger partial charge < -0.3 is 0 Å². The molecule has 0 bridgehead atoms. The molecule has 0 saturated carbocycles. The van der Waals surface area contributed by atoms with Crippen molar-refractivity contribution in [3.05, 3.63) is 61.7 Å². The summed E-state index contributed by atoms with van der Waals surface area (Å²) in [6.07, 6.45) is 1.37. The predicted octanol–water partition coefficient (Wildman–Crippen LogP) is 3.14. The molecule has 0 aliphatic rings. The molecule has 1 heterocycles. The Bertz CT molecular complexity index is 721. The summed E-state index contributed by atoms with van der Waals surface area (Å²) >= 11 is 9.13. The third-order valence-electron chi connectivity index (χ3n) is 2.82. The first-order valence-corrected chi connectivity index (χ1v) is 6.65. The molecule has 0 fully saturated rings. The fraction of sp³-hybridized carbons (Fsp3) is 0.154. The highest BCUT2D eigenvalue weighted by Crippen LogP contribution is 2.23. The van der Waals surface area contributed by atoms with E-state index in [4.69, 9.17) is 16.9 Å². The van der Waals surface area contributed by atoms with Gasteiger partial charge in [-0.05, 0) is 46.1 Å². The Morgan fingerprint density at radius 2 is 2.16 bits per heavy atom. The maximum absolute atomic E-state index is 12.1. The summed E-state index contributed by atoms with van der Waals surface area (Å²) < 4.78 is 1.68. The molecule has 1 atom stereocenters. The second-order valence-electron chi connectivity index (χ2n) is 3.93. The number of hydrogen-bond acceptors (Lipinski definition) is 3. The summed E-state index contributed by atoms with van der Waals surface area (Å²) in [7, 11) is 0. The van der Waals surface area contributed by atoms with Gasteiger partial charge in [-0.2, -0.15) is 5.26 Å². The van der Waals surface area contributed by atoms with Gasteiger partial charge in [-0.25, -0.2) is 4.98 Å². The van der Waals surface area contributed by atoms with Crippen molar-refractivity contribution >= 4 is 27.5 Å². The van der Waals surface area contributed by atoms with Crippen molar-refractivity contribution in [1.82, 2.24) is 9.55 Å². The van der Waals surface area contributed by atoms with E-state index in [2.05, 4.69) is 27.0 Å². The Labute approximate surface area is 123 Å². The molecule has 4 nitrogen and oxygen atoms in total. The molecule has 0 aliphatic carbocycles. The summed E-state index contributed by atoms with van der Waals surface area (Å²) in [4.78, 5) is 16.1. The number of benzene rings is 1. The quantitative estimate of drug-likeness (QED) is 0.790. The Balaban J connectivity index is 2.64. The zero-order valence-corrected chi connectivity index (χ0v) is 12.3. The standard InChI is InChI=1S/C13H9BrClN3O/c1-8(10-5-3-2-4-9(10)6-16)18-12(19)11(14)7-17-13(18)15/h2-5,7-8H,1H3. The predicted molar refractivity (Wildman–Crippen MR) is 76.2 cm³/mol. The largest absolute Gasteiger partial charge is 0.275 e. The number of halogens is 2. The second kappa shape index (κ2) is 5.55. The highest BCUT2D eigenvalue weighted by atomic mass is 79.9. The van der Waals surface area contributed by atoms with Crippen LogP contribution in [0.3, 0.4) is 0 Å².